The Balaban J connectivity index is 1.31. The van der Waals surface area contributed by atoms with E-state index >= 15 is 0 Å². The molecular formula is C31H56NO4S+. The molecule has 1 fully saturated rings. The molecule has 0 saturated carbocycles. The van der Waals surface area contributed by atoms with E-state index in [9.17, 15) is 4.79 Å². The number of nitrogens with zero attached hydrogens (tertiary/aromatic N) is 1. The van der Waals surface area contributed by atoms with E-state index in [0.717, 1.165) is 38.6 Å². The molecule has 6 heteroatoms. The van der Waals surface area contributed by atoms with Crippen molar-refractivity contribution < 1.29 is 23.6 Å². The van der Waals surface area contributed by atoms with E-state index in [2.05, 4.69) is 29.3 Å². The fraction of sp³-hybridized carbons (Fsp3) is 0.871. The Morgan fingerprint density at radius 1 is 0.892 bits per heavy atom. The molecule has 0 bridgehead atoms. The number of aryl methyl sites for hydroxylation is 2. The van der Waals surface area contributed by atoms with Gasteiger partial charge in [-0.15, -0.1) is 0 Å². The first-order chi connectivity index (χ1) is 18.2. The first-order valence-corrected chi connectivity index (χ1v) is 16.5. The number of rotatable bonds is 24. The van der Waals surface area contributed by atoms with Crippen LogP contribution in [0.2, 0.25) is 0 Å². The summed E-state index contributed by atoms with van der Waals surface area (Å²) in [6.07, 6.45) is 24.9. The molecule has 1 aromatic rings. The van der Waals surface area contributed by atoms with Gasteiger partial charge < -0.3 is 14.2 Å². The molecule has 0 N–H and O–H groups in total. The fourth-order valence-corrected chi connectivity index (χ4v) is 5.81. The van der Waals surface area contributed by atoms with Crippen LogP contribution < -0.4 is 4.57 Å². The van der Waals surface area contributed by atoms with Crippen LogP contribution in [0.3, 0.4) is 0 Å². The van der Waals surface area contributed by atoms with Crippen molar-refractivity contribution in [2.75, 3.05) is 13.2 Å². The molecule has 0 amide bonds. The van der Waals surface area contributed by atoms with Gasteiger partial charge >= 0.3 is 5.97 Å². The molecule has 2 atom stereocenters. The highest BCUT2D eigenvalue weighted by molar-refractivity contribution is 7.07. The lowest BCUT2D eigenvalue weighted by atomic mass is 10.0. The highest BCUT2D eigenvalue weighted by Gasteiger charge is 2.26. The SMILES string of the molecule is CCCCCCCCCCCCCCCCC[C@H]1OC[C@H](COC(=O)CCCCC[n+]2cscc2C)O1. The first kappa shape index (κ1) is 32.2. The van der Waals surface area contributed by atoms with E-state index in [1.54, 1.807) is 11.3 Å². The van der Waals surface area contributed by atoms with Gasteiger partial charge in [-0.05, 0) is 25.7 Å². The lowest BCUT2D eigenvalue weighted by Crippen LogP contribution is -2.33. The zero-order chi connectivity index (χ0) is 26.4. The molecule has 0 spiro atoms. The average molecular weight is 539 g/mol. The van der Waals surface area contributed by atoms with Crippen LogP contribution in [-0.2, 0) is 25.5 Å². The molecule has 1 aliphatic rings. The number of esters is 1. The Kier molecular flexibility index (Phi) is 19.1. The van der Waals surface area contributed by atoms with Gasteiger partial charge in [-0.2, -0.15) is 4.57 Å². The average Bonchev–Trinajstić information content (AvgIpc) is 3.53. The van der Waals surface area contributed by atoms with E-state index < -0.39 is 0 Å². The van der Waals surface area contributed by atoms with Crippen LogP contribution in [0.4, 0.5) is 0 Å². The van der Waals surface area contributed by atoms with Gasteiger partial charge in [-0.25, -0.2) is 0 Å². The molecule has 1 aromatic heterocycles. The number of hydrogen-bond donors (Lipinski definition) is 0. The van der Waals surface area contributed by atoms with Gasteiger partial charge in [0, 0.05) is 19.8 Å². The monoisotopic (exact) mass is 538 g/mol. The van der Waals surface area contributed by atoms with Crippen LogP contribution in [0.25, 0.3) is 0 Å². The number of carbonyl (C=O) groups is 1. The molecule has 0 aliphatic carbocycles. The Hall–Kier alpha value is -0.980. The second-order valence-electron chi connectivity index (χ2n) is 10.9. The number of hydrogen-bond acceptors (Lipinski definition) is 5. The maximum atomic E-state index is 12.0. The van der Waals surface area contributed by atoms with E-state index in [1.165, 1.54) is 95.6 Å². The summed E-state index contributed by atoms with van der Waals surface area (Å²) in [4.78, 5) is 12.0. The van der Waals surface area contributed by atoms with Crippen molar-refractivity contribution in [3.8, 4) is 0 Å². The van der Waals surface area contributed by atoms with Crippen LogP contribution in [0.15, 0.2) is 10.9 Å². The Morgan fingerprint density at radius 3 is 2.08 bits per heavy atom. The third-order valence-electron chi connectivity index (χ3n) is 7.45. The van der Waals surface area contributed by atoms with E-state index in [0.29, 0.717) is 19.6 Å². The standard InChI is InChI=1S/C31H56NO4S/c1-3-4-5-6-7-8-9-10-11-12-13-14-15-16-19-22-31-35-25-29(36-31)24-34-30(33)21-18-17-20-23-32-27-37-26-28(32)2/h26-27,29,31H,3-25H2,1-2H3/q+1/t29-,31-/m0/s1. The number of aromatic nitrogens is 1. The zero-order valence-corrected chi connectivity index (χ0v) is 24.9. The third kappa shape index (κ3) is 16.6. The Morgan fingerprint density at radius 2 is 1.49 bits per heavy atom. The summed E-state index contributed by atoms with van der Waals surface area (Å²) in [5.41, 5.74) is 3.46. The minimum absolute atomic E-state index is 0.108. The maximum Gasteiger partial charge on any atom is 0.305 e. The van der Waals surface area contributed by atoms with E-state index in [1.807, 2.05) is 0 Å². The van der Waals surface area contributed by atoms with Crippen molar-refractivity contribution in [3.05, 3.63) is 16.6 Å². The highest BCUT2D eigenvalue weighted by Crippen LogP contribution is 2.19. The lowest BCUT2D eigenvalue weighted by Gasteiger charge is -2.12. The molecule has 0 radical (unpaired) electrons. The van der Waals surface area contributed by atoms with Crippen molar-refractivity contribution in [1.82, 2.24) is 0 Å². The Bertz CT molecular complexity index is 680. The van der Waals surface area contributed by atoms with Gasteiger partial charge in [0.2, 0.25) is 5.51 Å². The highest BCUT2D eigenvalue weighted by atomic mass is 32.1. The van der Waals surface area contributed by atoms with Gasteiger partial charge in [0.1, 0.15) is 19.3 Å². The summed E-state index contributed by atoms with van der Waals surface area (Å²) >= 11 is 1.73. The van der Waals surface area contributed by atoms with Crippen molar-refractivity contribution in [1.29, 1.82) is 0 Å². The predicted octanol–water partition coefficient (Wildman–Crippen LogP) is 8.45. The van der Waals surface area contributed by atoms with Gasteiger partial charge in [-0.1, -0.05) is 108 Å². The molecule has 5 nitrogen and oxygen atoms in total. The number of ether oxygens (including phenoxy) is 3. The minimum Gasteiger partial charge on any atom is -0.463 e. The van der Waals surface area contributed by atoms with Gasteiger partial charge in [0.25, 0.3) is 0 Å². The minimum atomic E-state index is -0.122. The number of carbonyl (C=O) groups excluding carboxylic acids is 1. The summed E-state index contributed by atoms with van der Waals surface area (Å²) in [5.74, 6) is -0.117. The summed E-state index contributed by atoms with van der Waals surface area (Å²) in [6.45, 7) is 6.30. The fourth-order valence-electron chi connectivity index (χ4n) is 5.00. The van der Waals surface area contributed by atoms with Gasteiger partial charge in [-0.3, -0.25) is 4.79 Å². The van der Waals surface area contributed by atoms with Crippen molar-refractivity contribution >= 4 is 17.3 Å². The molecule has 214 valence electrons. The van der Waals surface area contributed by atoms with Crippen LogP contribution in [0.1, 0.15) is 141 Å². The summed E-state index contributed by atoms with van der Waals surface area (Å²) in [6, 6.07) is 0. The Labute approximate surface area is 231 Å². The third-order valence-corrected chi connectivity index (χ3v) is 8.30. The normalized spacial score (nSPS) is 17.5. The quantitative estimate of drug-likeness (QED) is 0.0752. The van der Waals surface area contributed by atoms with E-state index in [4.69, 9.17) is 14.2 Å². The van der Waals surface area contributed by atoms with E-state index in [-0.39, 0.29) is 18.4 Å². The van der Waals surface area contributed by atoms with Gasteiger partial charge in [0.05, 0.1) is 12.0 Å². The summed E-state index contributed by atoms with van der Waals surface area (Å²) in [5, 5.41) is 2.16. The predicted molar refractivity (Wildman–Crippen MR) is 153 cm³/mol. The number of thiazole rings is 1. The molecule has 2 rings (SSSR count). The van der Waals surface area contributed by atoms with Crippen molar-refractivity contribution in [2.24, 2.45) is 0 Å². The molecule has 1 aliphatic heterocycles. The summed E-state index contributed by atoms with van der Waals surface area (Å²) in [7, 11) is 0. The second-order valence-corrected chi connectivity index (χ2v) is 11.7. The molecule has 0 unspecified atom stereocenters. The van der Waals surface area contributed by atoms with Crippen molar-refractivity contribution in [3.63, 3.8) is 0 Å². The van der Waals surface area contributed by atoms with Crippen LogP contribution in [-0.4, -0.2) is 31.6 Å². The molecule has 37 heavy (non-hydrogen) atoms. The van der Waals surface area contributed by atoms with Crippen molar-refractivity contribution in [2.45, 2.75) is 161 Å². The van der Waals surface area contributed by atoms with Gasteiger partial charge in [0.15, 0.2) is 12.0 Å². The van der Waals surface area contributed by atoms with Crippen LogP contribution in [0, 0.1) is 6.92 Å². The summed E-state index contributed by atoms with van der Waals surface area (Å²) < 4.78 is 19.4. The zero-order valence-electron chi connectivity index (χ0n) is 24.1. The largest absolute Gasteiger partial charge is 0.463 e. The molecule has 0 aromatic carbocycles. The molecule has 2 heterocycles. The maximum absolute atomic E-state index is 12.0. The van der Waals surface area contributed by atoms with Crippen LogP contribution in [0.5, 0.6) is 0 Å². The lowest BCUT2D eigenvalue weighted by molar-refractivity contribution is -0.698. The first-order valence-electron chi connectivity index (χ1n) is 15.5. The molecular weight excluding hydrogens is 482 g/mol. The number of unbranched alkanes of at least 4 members (excludes halogenated alkanes) is 16. The molecule has 1 saturated heterocycles. The van der Waals surface area contributed by atoms with Crippen LogP contribution >= 0.6 is 11.3 Å². The second kappa shape index (κ2) is 21.9. The smallest absolute Gasteiger partial charge is 0.305 e. The topological polar surface area (TPSA) is 48.6 Å².